The fourth-order valence-corrected chi connectivity index (χ4v) is 1.58. The highest BCUT2D eigenvalue weighted by molar-refractivity contribution is 5.71. The molecule has 0 radical (unpaired) electrons. The minimum Gasteiger partial charge on any atom is -0.479 e. The summed E-state index contributed by atoms with van der Waals surface area (Å²) in [6.45, 7) is 0. The van der Waals surface area contributed by atoms with E-state index in [9.17, 15) is 4.79 Å². The van der Waals surface area contributed by atoms with Crippen molar-refractivity contribution in [2.45, 2.75) is 44.6 Å². The van der Waals surface area contributed by atoms with E-state index < -0.39 is 12.1 Å². The zero-order valence-corrected chi connectivity index (χ0v) is 7.70. The van der Waals surface area contributed by atoms with Gasteiger partial charge in [0, 0.05) is 0 Å². The Balaban J connectivity index is 2.25. The van der Waals surface area contributed by atoms with Crippen LogP contribution >= 0.6 is 0 Å². The van der Waals surface area contributed by atoms with Crippen molar-refractivity contribution in [1.29, 1.82) is 0 Å². The van der Waals surface area contributed by atoms with Crippen molar-refractivity contribution in [3.05, 3.63) is 11.6 Å². The first-order chi connectivity index (χ1) is 6.20. The van der Waals surface area contributed by atoms with Crippen LogP contribution in [0.1, 0.15) is 38.5 Å². The lowest BCUT2D eigenvalue weighted by Crippen LogP contribution is -2.19. The lowest BCUT2D eigenvalue weighted by Gasteiger charge is -2.13. The van der Waals surface area contributed by atoms with E-state index in [1.165, 1.54) is 18.4 Å². The van der Waals surface area contributed by atoms with Crippen LogP contribution < -0.4 is 0 Å². The Labute approximate surface area is 78.1 Å². The highest BCUT2D eigenvalue weighted by atomic mass is 16.4. The van der Waals surface area contributed by atoms with Crippen molar-refractivity contribution in [3.8, 4) is 0 Å². The number of aliphatic carboxylic acids is 1. The van der Waals surface area contributed by atoms with Crippen molar-refractivity contribution in [2.24, 2.45) is 0 Å². The normalized spacial score (nSPS) is 19.3. The van der Waals surface area contributed by atoms with Crippen LogP contribution in [0.5, 0.6) is 0 Å². The van der Waals surface area contributed by atoms with Crippen LogP contribution in [0.2, 0.25) is 0 Å². The minimum atomic E-state index is -1.19. The van der Waals surface area contributed by atoms with Gasteiger partial charge in [-0.2, -0.15) is 0 Å². The number of allylic oxidation sites excluding steroid dienone is 2. The summed E-state index contributed by atoms with van der Waals surface area (Å²) >= 11 is 0. The second-order valence-corrected chi connectivity index (χ2v) is 3.50. The summed E-state index contributed by atoms with van der Waals surface area (Å²) < 4.78 is 0. The third kappa shape index (κ3) is 3.59. The molecule has 0 aliphatic heterocycles. The van der Waals surface area contributed by atoms with Gasteiger partial charge in [-0.1, -0.05) is 11.6 Å². The predicted octanol–water partition coefficient (Wildman–Crippen LogP) is 1.71. The SMILES string of the molecule is O=C(O)[C@@H](O)CCC1=CCCCC1. The number of hydrogen-bond donors (Lipinski definition) is 2. The molecule has 0 bridgehead atoms. The number of aliphatic hydroxyl groups excluding tert-OH is 1. The molecule has 0 saturated carbocycles. The highest BCUT2D eigenvalue weighted by Gasteiger charge is 2.13. The first kappa shape index (κ1) is 10.3. The van der Waals surface area contributed by atoms with Gasteiger partial charge in [0.15, 0.2) is 6.10 Å². The molecule has 0 amide bonds. The fraction of sp³-hybridized carbons (Fsp3) is 0.700. The third-order valence-corrected chi connectivity index (χ3v) is 2.41. The highest BCUT2D eigenvalue weighted by Crippen LogP contribution is 2.21. The van der Waals surface area contributed by atoms with Gasteiger partial charge in [-0.25, -0.2) is 4.79 Å². The second kappa shape index (κ2) is 5.02. The molecule has 0 aromatic heterocycles. The van der Waals surface area contributed by atoms with Gasteiger partial charge in [-0.15, -0.1) is 0 Å². The predicted molar refractivity (Wildman–Crippen MR) is 49.4 cm³/mol. The Morgan fingerprint density at radius 3 is 2.85 bits per heavy atom. The molecular weight excluding hydrogens is 168 g/mol. The molecule has 0 aromatic carbocycles. The van der Waals surface area contributed by atoms with E-state index in [2.05, 4.69) is 6.08 Å². The lowest BCUT2D eigenvalue weighted by molar-refractivity contribution is -0.146. The molecular formula is C10H16O3. The average Bonchev–Trinajstić information content (AvgIpc) is 2.15. The molecule has 0 unspecified atom stereocenters. The molecule has 0 heterocycles. The van der Waals surface area contributed by atoms with Gasteiger partial charge in [0.2, 0.25) is 0 Å². The largest absolute Gasteiger partial charge is 0.479 e. The van der Waals surface area contributed by atoms with Crippen LogP contribution in [-0.2, 0) is 4.79 Å². The molecule has 0 aromatic rings. The number of carbonyl (C=O) groups is 1. The lowest BCUT2D eigenvalue weighted by atomic mass is 9.95. The number of hydrogen-bond acceptors (Lipinski definition) is 2. The Hall–Kier alpha value is -0.830. The topological polar surface area (TPSA) is 57.5 Å². The molecule has 3 nitrogen and oxygen atoms in total. The zero-order valence-electron chi connectivity index (χ0n) is 7.70. The fourth-order valence-electron chi connectivity index (χ4n) is 1.58. The number of carboxylic acid groups (broad SMARTS) is 1. The standard InChI is InChI=1S/C10H16O3/c11-9(10(12)13)7-6-8-4-2-1-3-5-8/h4,9,11H,1-3,5-7H2,(H,12,13)/t9-/m0/s1. The smallest absolute Gasteiger partial charge is 0.332 e. The monoisotopic (exact) mass is 184 g/mol. The van der Waals surface area contributed by atoms with Gasteiger partial charge in [0.25, 0.3) is 0 Å². The van der Waals surface area contributed by atoms with E-state index in [0.29, 0.717) is 6.42 Å². The molecule has 1 rings (SSSR count). The van der Waals surface area contributed by atoms with Crippen molar-refractivity contribution in [3.63, 3.8) is 0 Å². The van der Waals surface area contributed by atoms with Gasteiger partial charge in [0.05, 0.1) is 0 Å². The van der Waals surface area contributed by atoms with Crippen LogP contribution in [0.4, 0.5) is 0 Å². The van der Waals surface area contributed by atoms with Crippen LogP contribution in [0.15, 0.2) is 11.6 Å². The van der Waals surface area contributed by atoms with Crippen LogP contribution in [0.25, 0.3) is 0 Å². The minimum absolute atomic E-state index is 0.348. The van der Waals surface area contributed by atoms with Crippen molar-refractivity contribution < 1.29 is 15.0 Å². The quantitative estimate of drug-likeness (QED) is 0.654. The van der Waals surface area contributed by atoms with E-state index in [0.717, 1.165) is 19.3 Å². The maximum Gasteiger partial charge on any atom is 0.332 e. The summed E-state index contributed by atoms with van der Waals surface area (Å²) in [7, 11) is 0. The molecule has 13 heavy (non-hydrogen) atoms. The maximum atomic E-state index is 10.3. The van der Waals surface area contributed by atoms with Crippen molar-refractivity contribution in [2.75, 3.05) is 0 Å². The van der Waals surface area contributed by atoms with Crippen molar-refractivity contribution in [1.82, 2.24) is 0 Å². The summed E-state index contributed by atoms with van der Waals surface area (Å²) in [5.41, 5.74) is 1.31. The summed E-state index contributed by atoms with van der Waals surface area (Å²) in [6.07, 6.45) is 6.69. The number of rotatable bonds is 4. The van der Waals surface area contributed by atoms with Crippen LogP contribution in [0.3, 0.4) is 0 Å². The first-order valence-electron chi connectivity index (χ1n) is 4.79. The molecule has 0 spiro atoms. The first-order valence-corrected chi connectivity index (χ1v) is 4.79. The maximum absolute atomic E-state index is 10.3. The molecule has 1 atom stereocenters. The summed E-state index contributed by atoms with van der Waals surface area (Å²) in [5, 5.41) is 17.5. The van der Waals surface area contributed by atoms with E-state index in [1.807, 2.05) is 0 Å². The molecule has 1 aliphatic carbocycles. The van der Waals surface area contributed by atoms with Gasteiger partial charge >= 0.3 is 5.97 Å². The Bertz CT molecular complexity index is 208. The van der Waals surface area contributed by atoms with Gasteiger partial charge in [-0.3, -0.25) is 0 Å². The van der Waals surface area contributed by atoms with E-state index in [-0.39, 0.29) is 0 Å². The van der Waals surface area contributed by atoms with Gasteiger partial charge < -0.3 is 10.2 Å². The second-order valence-electron chi connectivity index (χ2n) is 3.50. The molecule has 3 heteroatoms. The van der Waals surface area contributed by atoms with Gasteiger partial charge in [0.1, 0.15) is 0 Å². The Morgan fingerprint density at radius 2 is 2.31 bits per heavy atom. The van der Waals surface area contributed by atoms with Crippen LogP contribution in [0, 0.1) is 0 Å². The Morgan fingerprint density at radius 1 is 1.54 bits per heavy atom. The summed E-state index contributed by atoms with van der Waals surface area (Å²) in [5.74, 6) is -1.11. The molecule has 1 aliphatic rings. The number of aliphatic hydroxyl groups is 1. The van der Waals surface area contributed by atoms with Crippen LogP contribution in [-0.4, -0.2) is 22.3 Å². The van der Waals surface area contributed by atoms with E-state index in [1.54, 1.807) is 0 Å². The molecule has 2 N–H and O–H groups in total. The Kier molecular flexibility index (Phi) is 3.96. The van der Waals surface area contributed by atoms with Gasteiger partial charge in [-0.05, 0) is 38.5 Å². The summed E-state index contributed by atoms with van der Waals surface area (Å²) in [4.78, 5) is 10.3. The third-order valence-electron chi connectivity index (χ3n) is 2.41. The molecule has 0 fully saturated rings. The van der Waals surface area contributed by atoms with E-state index in [4.69, 9.17) is 10.2 Å². The number of carboxylic acids is 1. The molecule has 74 valence electrons. The van der Waals surface area contributed by atoms with Crippen molar-refractivity contribution >= 4 is 5.97 Å². The van der Waals surface area contributed by atoms with E-state index >= 15 is 0 Å². The summed E-state index contributed by atoms with van der Waals surface area (Å²) in [6, 6.07) is 0. The molecule has 0 saturated heterocycles. The zero-order chi connectivity index (χ0) is 9.68. The average molecular weight is 184 g/mol.